The molecule has 0 fully saturated rings. The Bertz CT molecular complexity index is 1170. The summed E-state index contributed by atoms with van der Waals surface area (Å²) in [4.78, 5) is 24.3. The number of hydrogen-bond acceptors (Lipinski definition) is 14. The Balaban J connectivity index is 1.69. The molecule has 0 bridgehead atoms. The van der Waals surface area contributed by atoms with Gasteiger partial charge in [-0.15, -0.1) is 0 Å². The molecule has 4 heterocycles. The van der Waals surface area contributed by atoms with E-state index < -0.39 is 0 Å². The van der Waals surface area contributed by atoms with Crippen LogP contribution in [0.3, 0.4) is 0 Å². The molecule has 0 aromatic carbocycles. The topological polar surface area (TPSA) is 209 Å². The van der Waals surface area contributed by atoms with Crippen LogP contribution in [0.2, 0.25) is 0 Å². The van der Waals surface area contributed by atoms with E-state index in [1.165, 1.54) is 5.01 Å². The van der Waals surface area contributed by atoms with Gasteiger partial charge in [0.05, 0.1) is 0 Å². The van der Waals surface area contributed by atoms with E-state index >= 15 is 0 Å². The van der Waals surface area contributed by atoms with Crippen LogP contribution in [0.1, 0.15) is 11.5 Å². The number of nitrogens with zero attached hydrogens (tertiary/aromatic N) is 7. The van der Waals surface area contributed by atoms with E-state index in [2.05, 4.69) is 40.6 Å². The molecule has 0 aliphatic heterocycles. The average Bonchev–Trinajstić information content (AvgIpc) is 3.26. The number of rotatable bonds is 6. The van der Waals surface area contributed by atoms with Crippen molar-refractivity contribution in [2.75, 3.05) is 33.0 Å². The molecule has 30 heavy (non-hydrogen) atoms. The minimum atomic E-state index is -0.0710. The Morgan fingerprint density at radius 2 is 1.37 bits per heavy atom. The molecule has 14 nitrogen and oxygen atoms in total. The summed E-state index contributed by atoms with van der Waals surface area (Å²) in [6.07, 6.45) is 0. The molecule has 0 saturated carbocycles. The summed E-state index contributed by atoms with van der Waals surface area (Å²) in [5.41, 5.74) is 20.1. The van der Waals surface area contributed by atoms with Crippen molar-refractivity contribution >= 4 is 47.5 Å². The van der Waals surface area contributed by atoms with Crippen molar-refractivity contribution in [3.63, 3.8) is 0 Å². The van der Waals surface area contributed by atoms with Gasteiger partial charge in [0.15, 0.2) is 5.88 Å². The number of aryl methyl sites for hydroxylation is 2. The zero-order valence-electron chi connectivity index (χ0n) is 16.0. The highest BCUT2D eigenvalue weighted by atomic mass is 16.4. The zero-order chi connectivity index (χ0) is 21.3. The van der Waals surface area contributed by atoms with Crippen LogP contribution in [0.15, 0.2) is 33.1 Å². The van der Waals surface area contributed by atoms with E-state index in [-0.39, 0.29) is 35.7 Å². The Morgan fingerprint density at radius 3 is 2.00 bits per heavy atom. The number of nitrogens with one attached hydrogen (secondary N) is 2. The maximum atomic E-state index is 5.83. The lowest BCUT2D eigenvalue weighted by atomic mass is 10.5. The average molecular weight is 410 g/mol. The SMILES string of the molecule is Cc1ccc(Nc2nc(N)nc(NN(c3nc(N)nc(N)n3)c3ccc(C)o3)n2)o1. The fraction of sp³-hybridized carbons (Fsp3) is 0.125. The molecule has 154 valence electrons. The van der Waals surface area contributed by atoms with Gasteiger partial charge in [-0.3, -0.25) is 10.7 Å². The molecule has 0 saturated heterocycles. The molecule has 0 unspecified atom stereocenters. The number of furan rings is 2. The lowest BCUT2D eigenvalue weighted by Gasteiger charge is -2.20. The van der Waals surface area contributed by atoms with Gasteiger partial charge in [0.25, 0.3) is 5.95 Å². The second-order valence-corrected chi connectivity index (χ2v) is 6.06. The van der Waals surface area contributed by atoms with Crippen molar-refractivity contribution < 1.29 is 8.83 Å². The highest BCUT2D eigenvalue weighted by Gasteiger charge is 2.20. The summed E-state index contributed by atoms with van der Waals surface area (Å²) >= 11 is 0. The first kappa shape index (κ1) is 18.7. The Kier molecular flexibility index (Phi) is 4.63. The number of hydrogen-bond donors (Lipinski definition) is 5. The van der Waals surface area contributed by atoms with Crippen molar-refractivity contribution in [2.45, 2.75) is 13.8 Å². The normalized spacial score (nSPS) is 10.7. The third kappa shape index (κ3) is 4.11. The van der Waals surface area contributed by atoms with Gasteiger partial charge in [0, 0.05) is 12.1 Å². The highest BCUT2D eigenvalue weighted by molar-refractivity contribution is 5.59. The summed E-state index contributed by atoms with van der Waals surface area (Å²) in [5.74, 6) is 2.25. The minimum absolute atomic E-state index is 0.0384. The van der Waals surface area contributed by atoms with Gasteiger partial charge >= 0.3 is 0 Å². The fourth-order valence-electron chi connectivity index (χ4n) is 2.45. The van der Waals surface area contributed by atoms with E-state index in [1.54, 1.807) is 31.2 Å². The Morgan fingerprint density at radius 1 is 0.733 bits per heavy atom. The van der Waals surface area contributed by atoms with Crippen molar-refractivity contribution in [3.05, 3.63) is 35.8 Å². The van der Waals surface area contributed by atoms with Crippen LogP contribution < -0.4 is 33.0 Å². The summed E-state index contributed by atoms with van der Waals surface area (Å²) in [6, 6.07) is 6.97. The lowest BCUT2D eigenvalue weighted by molar-refractivity contribution is 0.535. The molecule has 0 spiro atoms. The first-order valence-corrected chi connectivity index (χ1v) is 8.61. The summed E-state index contributed by atoms with van der Waals surface area (Å²) in [5, 5.41) is 4.25. The van der Waals surface area contributed by atoms with Gasteiger partial charge in [-0.05, 0) is 26.0 Å². The second-order valence-electron chi connectivity index (χ2n) is 6.06. The van der Waals surface area contributed by atoms with Crippen LogP contribution in [-0.4, -0.2) is 29.9 Å². The third-order valence-corrected chi connectivity index (χ3v) is 3.64. The number of nitrogens with two attached hydrogens (primary N) is 3. The fourth-order valence-corrected chi connectivity index (χ4v) is 2.45. The molecule has 0 radical (unpaired) electrons. The van der Waals surface area contributed by atoms with Gasteiger partial charge in [0.2, 0.25) is 35.6 Å². The molecular weight excluding hydrogens is 392 g/mol. The van der Waals surface area contributed by atoms with Gasteiger partial charge in [-0.1, -0.05) is 0 Å². The first-order chi connectivity index (χ1) is 14.4. The molecule has 14 heteroatoms. The number of hydrazine groups is 1. The predicted molar refractivity (Wildman–Crippen MR) is 109 cm³/mol. The maximum Gasteiger partial charge on any atom is 0.258 e. The standard InChI is InChI=1S/C16H18N12O2/c1-7-3-5-9(29-7)20-14-22-13(19)23-15(26-14)27-28(10-6-4-8(2)30-10)16-24-11(17)21-12(18)25-16/h3-6H,1-2H3,(H4,17,18,21,24,25)(H4,19,20,22,23,26,27). The molecule has 0 aliphatic carbocycles. The highest BCUT2D eigenvalue weighted by Crippen LogP contribution is 2.26. The molecule has 4 rings (SSSR count). The van der Waals surface area contributed by atoms with Crippen LogP contribution in [0.4, 0.5) is 47.5 Å². The zero-order valence-corrected chi connectivity index (χ0v) is 16.0. The molecule has 8 N–H and O–H groups in total. The van der Waals surface area contributed by atoms with Crippen LogP contribution in [0.5, 0.6) is 0 Å². The smallest absolute Gasteiger partial charge is 0.258 e. The van der Waals surface area contributed by atoms with Crippen LogP contribution in [-0.2, 0) is 0 Å². The second kappa shape index (κ2) is 7.42. The van der Waals surface area contributed by atoms with Crippen molar-refractivity contribution in [3.8, 4) is 0 Å². The summed E-state index contributed by atoms with van der Waals surface area (Å²) < 4.78 is 11.1. The number of nitrogen functional groups attached to an aromatic ring is 3. The molecule has 4 aromatic heterocycles. The van der Waals surface area contributed by atoms with E-state index in [4.69, 9.17) is 26.0 Å². The molecule has 4 aromatic rings. The van der Waals surface area contributed by atoms with Crippen LogP contribution in [0, 0.1) is 13.8 Å². The summed E-state index contributed by atoms with van der Waals surface area (Å²) in [7, 11) is 0. The summed E-state index contributed by atoms with van der Waals surface area (Å²) in [6.45, 7) is 3.60. The van der Waals surface area contributed by atoms with Crippen molar-refractivity contribution in [2.24, 2.45) is 0 Å². The van der Waals surface area contributed by atoms with Gasteiger partial charge < -0.3 is 26.0 Å². The predicted octanol–water partition coefficient (Wildman–Crippen LogP) is 1.51. The van der Waals surface area contributed by atoms with E-state index in [0.29, 0.717) is 17.5 Å². The van der Waals surface area contributed by atoms with Gasteiger partial charge in [-0.25, -0.2) is 0 Å². The van der Waals surface area contributed by atoms with Crippen molar-refractivity contribution in [1.82, 2.24) is 29.9 Å². The van der Waals surface area contributed by atoms with Crippen LogP contribution >= 0.6 is 0 Å². The monoisotopic (exact) mass is 410 g/mol. The Hall–Kier alpha value is -4.62. The first-order valence-electron chi connectivity index (χ1n) is 8.61. The van der Waals surface area contributed by atoms with Gasteiger partial charge in [-0.2, -0.15) is 34.9 Å². The largest absolute Gasteiger partial charge is 0.446 e. The van der Waals surface area contributed by atoms with Crippen molar-refractivity contribution in [1.29, 1.82) is 0 Å². The van der Waals surface area contributed by atoms with E-state index in [1.807, 2.05) is 6.92 Å². The third-order valence-electron chi connectivity index (χ3n) is 3.64. The number of aromatic nitrogens is 6. The Labute approximate surface area is 169 Å². The minimum Gasteiger partial charge on any atom is -0.446 e. The maximum absolute atomic E-state index is 5.83. The van der Waals surface area contributed by atoms with E-state index in [9.17, 15) is 0 Å². The molecular formula is C16H18N12O2. The quantitative estimate of drug-likeness (QED) is 0.285. The number of anilines is 8. The molecule has 0 aliphatic rings. The molecule has 0 amide bonds. The van der Waals surface area contributed by atoms with E-state index in [0.717, 1.165) is 5.76 Å². The van der Waals surface area contributed by atoms with Gasteiger partial charge in [0.1, 0.15) is 11.5 Å². The lowest BCUT2D eigenvalue weighted by Crippen LogP contribution is -2.28. The van der Waals surface area contributed by atoms with Crippen LogP contribution in [0.25, 0.3) is 0 Å². The molecule has 0 atom stereocenters.